The number of hydrogen-bond donors (Lipinski definition) is 1. The molecule has 0 aliphatic heterocycles. The highest BCUT2D eigenvalue weighted by Crippen LogP contribution is 2.42. The van der Waals surface area contributed by atoms with Crippen LogP contribution in [0, 0.1) is 5.82 Å². The Morgan fingerprint density at radius 1 is 1.00 bits per heavy atom. The molecular weight excluding hydrogens is 315 g/mol. The average Bonchev–Trinajstić information content (AvgIpc) is 3.41. The Hall–Kier alpha value is -3.34. The number of fused-ring (bicyclic) bond motifs is 2. The van der Waals surface area contributed by atoms with Gasteiger partial charge in [-0.3, -0.25) is 4.98 Å². The molecule has 0 atom stereocenters. The molecule has 0 saturated carbocycles. The molecule has 0 fully saturated rings. The standard InChI is InChI=1S/C20H13FN4/c21-16-5-3-12-8-14(12)18(16)19-13(2-1-7-23-19)11-4-6-17-15(9-11)20(22)25-10-24-17/h1-7,9-10H,8H2,(H2,22,24,25). The topological polar surface area (TPSA) is 64.7 Å². The number of nitrogen functional groups attached to an aromatic ring is 1. The van der Waals surface area contributed by atoms with Crippen molar-refractivity contribution >= 4 is 16.7 Å². The number of pyridine rings is 1. The fraction of sp³-hybridized carbons (Fsp3) is 0.0500. The van der Waals surface area contributed by atoms with E-state index in [0.29, 0.717) is 17.1 Å². The van der Waals surface area contributed by atoms with Gasteiger partial charge in [0.2, 0.25) is 0 Å². The molecule has 5 heteroatoms. The third kappa shape index (κ3) is 2.16. The maximum atomic E-state index is 14.5. The maximum absolute atomic E-state index is 14.5. The van der Waals surface area contributed by atoms with Gasteiger partial charge < -0.3 is 5.73 Å². The molecule has 5 rings (SSSR count). The largest absolute Gasteiger partial charge is 0.383 e. The number of aromatic nitrogens is 3. The summed E-state index contributed by atoms with van der Waals surface area (Å²) in [6, 6.07) is 12.9. The first kappa shape index (κ1) is 14.0. The van der Waals surface area contributed by atoms with Gasteiger partial charge in [-0.15, -0.1) is 0 Å². The van der Waals surface area contributed by atoms with E-state index in [2.05, 4.69) is 15.0 Å². The summed E-state index contributed by atoms with van der Waals surface area (Å²) in [5.41, 5.74) is 12.0. The first-order valence-electron chi connectivity index (χ1n) is 7.98. The molecule has 120 valence electrons. The van der Waals surface area contributed by atoms with E-state index >= 15 is 0 Å². The lowest BCUT2D eigenvalue weighted by Gasteiger charge is -2.11. The highest BCUT2D eigenvalue weighted by Gasteiger charge is 2.27. The zero-order valence-corrected chi connectivity index (χ0v) is 13.2. The van der Waals surface area contributed by atoms with Crippen molar-refractivity contribution in [3.05, 3.63) is 71.9 Å². The first-order valence-corrected chi connectivity index (χ1v) is 7.98. The zero-order chi connectivity index (χ0) is 17.0. The molecule has 0 unspecified atom stereocenters. The highest BCUT2D eigenvalue weighted by molar-refractivity contribution is 5.94. The first-order chi connectivity index (χ1) is 12.2. The van der Waals surface area contributed by atoms with Crippen LogP contribution >= 0.6 is 0 Å². The smallest absolute Gasteiger partial charge is 0.134 e. The predicted octanol–water partition coefficient (Wildman–Crippen LogP) is 3.98. The van der Waals surface area contributed by atoms with E-state index in [4.69, 9.17) is 5.73 Å². The van der Waals surface area contributed by atoms with Crippen LogP contribution in [0.2, 0.25) is 0 Å². The number of rotatable bonds is 2. The molecule has 2 aromatic carbocycles. The second-order valence-corrected chi connectivity index (χ2v) is 6.13. The molecule has 4 nitrogen and oxygen atoms in total. The molecule has 2 N–H and O–H groups in total. The van der Waals surface area contributed by atoms with Gasteiger partial charge in [0.15, 0.2) is 0 Å². The Morgan fingerprint density at radius 2 is 1.92 bits per heavy atom. The lowest BCUT2D eigenvalue weighted by molar-refractivity contribution is 0.631. The van der Waals surface area contributed by atoms with Gasteiger partial charge in [0, 0.05) is 22.7 Å². The monoisotopic (exact) mass is 328 g/mol. The third-order valence-corrected chi connectivity index (χ3v) is 4.62. The molecule has 1 aliphatic carbocycles. The van der Waals surface area contributed by atoms with E-state index in [-0.39, 0.29) is 5.82 Å². The van der Waals surface area contributed by atoms with Crippen LogP contribution < -0.4 is 5.73 Å². The summed E-state index contributed by atoms with van der Waals surface area (Å²) >= 11 is 0. The quantitative estimate of drug-likeness (QED) is 0.532. The van der Waals surface area contributed by atoms with E-state index in [0.717, 1.165) is 34.0 Å². The van der Waals surface area contributed by atoms with Gasteiger partial charge in [0.25, 0.3) is 0 Å². The van der Waals surface area contributed by atoms with Gasteiger partial charge in [-0.2, -0.15) is 0 Å². The van der Waals surface area contributed by atoms with Crippen molar-refractivity contribution in [1.82, 2.24) is 15.0 Å². The molecule has 0 bridgehead atoms. The SMILES string of the molecule is Nc1ncnc2ccc(-c3cccnc3-c3c(F)ccc4c3C4)cc12. The third-order valence-electron chi connectivity index (χ3n) is 4.62. The minimum absolute atomic E-state index is 0.236. The van der Waals surface area contributed by atoms with Gasteiger partial charge in [-0.1, -0.05) is 18.2 Å². The Morgan fingerprint density at radius 3 is 2.84 bits per heavy atom. The minimum Gasteiger partial charge on any atom is -0.383 e. The normalized spacial score (nSPS) is 12.2. The van der Waals surface area contributed by atoms with Crippen molar-refractivity contribution in [2.45, 2.75) is 6.42 Å². The minimum atomic E-state index is -0.236. The fourth-order valence-corrected chi connectivity index (χ4v) is 3.29. The molecule has 1 aliphatic rings. The molecule has 0 radical (unpaired) electrons. The van der Waals surface area contributed by atoms with Crippen LogP contribution in [0.25, 0.3) is 33.3 Å². The highest BCUT2D eigenvalue weighted by atomic mass is 19.1. The van der Waals surface area contributed by atoms with Gasteiger partial charge in [0.1, 0.15) is 18.0 Å². The van der Waals surface area contributed by atoms with Crippen molar-refractivity contribution < 1.29 is 4.39 Å². The Kier molecular flexibility index (Phi) is 2.85. The van der Waals surface area contributed by atoms with Crippen LogP contribution in [0.1, 0.15) is 11.1 Å². The second-order valence-electron chi connectivity index (χ2n) is 6.13. The molecule has 4 aromatic rings. The number of hydrogen-bond acceptors (Lipinski definition) is 4. The molecule has 25 heavy (non-hydrogen) atoms. The summed E-state index contributed by atoms with van der Waals surface area (Å²) in [5, 5.41) is 0.777. The summed E-state index contributed by atoms with van der Waals surface area (Å²) in [5.74, 6) is 0.190. The Bertz CT molecular complexity index is 1150. The van der Waals surface area contributed by atoms with Gasteiger partial charge in [0.05, 0.1) is 11.2 Å². The number of anilines is 1. The Balaban J connectivity index is 1.76. The van der Waals surface area contributed by atoms with Crippen molar-refractivity contribution in [1.29, 1.82) is 0 Å². The Labute approximate surface area is 143 Å². The zero-order valence-electron chi connectivity index (χ0n) is 13.2. The average molecular weight is 328 g/mol. The van der Waals surface area contributed by atoms with E-state index < -0.39 is 0 Å². The molecular formula is C20H13FN4. The number of nitrogens with two attached hydrogens (primary N) is 1. The van der Waals surface area contributed by atoms with E-state index in [1.165, 1.54) is 18.0 Å². The van der Waals surface area contributed by atoms with Crippen molar-refractivity contribution in [3.63, 3.8) is 0 Å². The predicted molar refractivity (Wildman–Crippen MR) is 95.4 cm³/mol. The van der Waals surface area contributed by atoms with Crippen LogP contribution in [-0.4, -0.2) is 15.0 Å². The summed E-state index contributed by atoms with van der Waals surface area (Å²) in [7, 11) is 0. The van der Waals surface area contributed by atoms with Crippen LogP contribution in [0.15, 0.2) is 55.0 Å². The van der Waals surface area contributed by atoms with Crippen molar-refractivity contribution in [2.75, 3.05) is 5.73 Å². The molecule has 2 aromatic heterocycles. The summed E-state index contributed by atoms with van der Waals surface area (Å²) in [6.07, 6.45) is 3.97. The van der Waals surface area contributed by atoms with E-state index in [1.807, 2.05) is 36.4 Å². The number of benzene rings is 2. The molecule has 0 amide bonds. The van der Waals surface area contributed by atoms with Crippen LogP contribution in [0.4, 0.5) is 10.2 Å². The van der Waals surface area contributed by atoms with Crippen molar-refractivity contribution in [3.8, 4) is 22.4 Å². The van der Waals surface area contributed by atoms with E-state index in [1.54, 1.807) is 6.20 Å². The van der Waals surface area contributed by atoms with Crippen LogP contribution in [-0.2, 0) is 6.42 Å². The van der Waals surface area contributed by atoms with Gasteiger partial charge in [-0.25, -0.2) is 14.4 Å². The fourth-order valence-electron chi connectivity index (χ4n) is 3.29. The van der Waals surface area contributed by atoms with Crippen molar-refractivity contribution in [2.24, 2.45) is 0 Å². The van der Waals surface area contributed by atoms with Crippen LogP contribution in [0.3, 0.4) is 0 Å². The summed E-state index contributed by atoms with van der Waals surface area (Å²) < 4.78 is 14.5. The number of halogens is 1. The van der Waals surface area contributed by atoms with E-state index in [9.17, 15) is 4.39 Å². The summed E-state index contributed by atoms with van der Waals surface area (Å²) in [4.78, 5) is 12.8. The molecule has 2 heterocycles. The second kappa shape index (κ2) is 5.08. The van der Waals surface area contributed by atoms with Crippen LogP contribution in [0.5, 0.6) is 0 Å². The molecule has 0 saturated heterocycles. The van der Waals surface area contributed by atoms with Gasteiger partial charge in [-0.05, 0) is 47.4 Å². The van der Waals surface area contributed by atoms with Gasteiger partial charge >= 0.3 is 0 Å². The lowest BCUT2D eigenvalue weighted by Crippen LogP contribution is -1.95. The summed E-state index contributed by atoms with van der Waals surface area (Å²) in [6.45, 7) is 0. The molecule has 0 spiro atoms. The maximum Gasteiger partial charge on any atom is 0.134 e. The number of nitrogens with zero attached hydrogens (tertiary/aromatic N) is 3. The lowest BCUT2D eigenvalue weighted by atomic mass is 9.97.